The summed E-state index contributed by atoms with van der Waals surface area (Å²) < 4.78 is 5.81. The molecule has 0 saturated heterocycles. The van der Waals surface area contributed by atoms with Crippen molar-refractivity contribution < 1.29 is 9.53 Å². The van der Waals surface area contributed by atoms with Crippen molar-refractivity contribution in [1.82, 2.24) is 0 Å². The van der Waals surface area contributed by atoms with Crippen LogP contribution in [0, 0.1) is 0 Å². The van der Waals surface area contributed by atoms with Gasteiger partial charge in [0.2, 0.25) is 0 Å². The Morgan fingerprint density at radius 1 is 1.21 bits per heavy atom. The van der Waals surface area contributed by atoms with Gasteiger partial charge in [-0.1, -0.05) is 23.7 Å². The van der Waals surface area contributed by atoms with Crippen LogP contribution in [-0.2, 0) is 4.79 Å². The van der Waals surface area contributed by atoms with Gasteiger partial charge in [-0.25, -0.2) is 0 Å². The second-order valence-corrected chi connectivity index (χ2v) is 4.94. The van der Waals surface area contributed by atoms with E-state index in [0.29, 0.717) is 16.9 Å². The van der Waals surface area contributed by atoms with E-state index in [-0.39, 0.29) is 0 Å². The molecule has 0 amide bonds. The molecule has 2 N–H and O–H groups in total. The van der Waals surface area contributed by atoms with Gasteiger partial charge in [-0.15, -0.1) is 0 Å². The number of nitrogens with two attached hydrogens (primary N) is 1. The maximum absolute atomic E-state index is 10.9. The normalized spacial score (nSPS) is 10.2. The zero-order valence-electron chi connectivity index (χ0n) is 10.3. The smallest absolute Gasteiger partial charge is 0.308 e. The third-order valence-corrected chi connectivity index (χ3v) is 3.28. The van der Waals surface area contributed by atoms with Gasteiger partial charge in [0.05, 0.1) is 0 Å². The van der Waals surface area contributed by atoms with Gasteiger partial charge in [0.15, 0.2) is 0 Å². The van der Waals surface area contributed by atoms with Crippen LogP contribution in [0.3, 0.4) is 0 Å². The predicted octanol–water partition coefficient (Wildman–Crippen LogP) is 2.42. The Bertz CT molecular complexity index is 643. The van der Waals surface area contributed by atoms with E-state index in [1.165, 1.54) is 6.92 Å². The minimum absolute atomic E-state index is 0.366. The van der Waals surface area contributed by atoms with Crippen molar-refractivity contribution >= 4 is 40.9 Å². The maximum Gasteiger partial charge on any atom is 0.308 e. The molecule has 0 saturated carbocycles. The van der Waals surface area contributed by atoms with Crippen molar-refractivity contribution in [3.05, 3.63) is 40.9 Å². The van der Waals surface area contributed by atoms with Crippen LogP contribution in [-0.4, -0.2) is 13.8 Å². The van der Waals surface area contributed by atoms with Crippen LogP contribution < -0.4 is 15.9 Å². The Labute approximate surface area is 121 Å². The summed E-state index contributed by atoms with van der Waals surface area (Å²) in [5, 5.41) is 0. The van der Waals surface area contributed by atoms with Crippen molar-refractivity contribution in [2.45, 2.75) is 6.92 Å². The summed E-state index contributed by atoms with van der Waals surface area (Å²) in [4.78, 5) is 10.9. The number of hydrogen-bond acceptors (Lipinski definition) is 3. The molecule has 2 radical (unpaired) electrons. The number of hydrogen-bond donors (Lipinski definition) is 1. The Morgan fingerprint density at radius 3 is 2.42 bits per heavy atom. The summed E-state index contributed by atoms with van der Waals surface area (Å²) in [6.07, 6.45) is 0. The van der Waals surface area contributed by atoms with Crippen molar-refractivity contribution in [3.8, 4) is 16.9 Å². The third kappa shape index (κ3) is 3.17. The molecule has 3 nitrogen and oxygen atoms in total. The zero-order valence-corrected chi connectivity index (χ0v) is 11.9. The molecule has 0 fully saturated rings. The Morgan fingerprint density at radius 2 is 1.84 bits per heavy atom. The molecule has 94 valence electrons. The summed E-state index contributed by atoms with van der Waals surface area (Å²) >= 11 is 3.38. The average molecular weight is 316 g/mol. The largest absolute Gasteiger partial charge is 0.427 e. The van der Waals surface area contributed by atoms with Gasteiger partial charge in [-0.3, -0.25) is 4.79 Å². The first-order chi connectivity index (χ1) is 8.97. The van der Waals surface area contributed by atoms with Gasteiger partial charge in [0.25, 0.3) is 0 Å². The van der Waals surface area contributed by atoms with Crippen LogP contribution in [0.4, 0.5) is 5.69 Å². The van der Waals surface area contributed by atoms with Crippen LogP contribution in [0.5, 0.6) is 5.75 Å². The first kappa shape index (κ1) is 13.7. The van der Waals surface area contributed by atoms with E-state index in [1.807, 2.05) is 24.3 Å². The molecular formula is C14H11BBrNO2. The number of carbonyl (C=O) groups is 1. The summed E-state index contributed by atoms with van der Waals surface area (Å²) in [6, 6.07) is 10.9. The van der Waals surface area contributed by atoms with E-state index in [2.05, 4.69) is 15.9 Å². The van der Waals surface area contributed by atoms with Gasteiger partial charge in [-0.2, -0.15) is 0 Å². The molecule has 0 bridgehead atoms. The minimum atomic E-state index is -0.394. The van der Waals surface area contributed by atoms with E-state index >= 15 is 0 Å². The fraction of sp³-hybridized carbons (Fsp3) is 0.0714. The minimum Gasteiger partial charge on any atom is -0.427 e. The molecule has 2 aromatic carbocycles. The number of carbonyl (C=O) groups excluding carboxylic acids is 1. The quantitative estimate of drug-likeness (QED) is 0.401. The fourth-order valence-electron chi connectivity index (χ4n) is 1.68. The molecule has 0 aliphatic carbocycles. The first-order valence-electron chi connectivity index (χ1n) is 5.60. The van der Waals surface area contributed by atoms with E-state index in [4.69, 9.17) is 18.3 Å². The first-order valence-corrected chi connectivity index (χ1v) is 6.40. The lowest BCUT2D eigenvalue weighted by molar-refractivity contribution is -0.131. The van der Waals surface area contributed by atoms with Crippen molar-refractivity contribution in [3.63, 3.8) is 0 Å². The molecule has 2 rings (SSSR count). The molecule has 0 atom stereocenters. The highest BCUT2D eigenvalue weighted by atomic mass is 79.9. The average Bonchev–Trinajstić information content (AvgIpc) is 2.35. The van der Waals surface area contributed by atoms with E-state index in [1.54, 1.807) is 12.1 Å². The number of anilines is 1. The Hall–Kier alpha value is -1.75. The van der Waals surface area contributed by atoms with Crippen LogP contribution in [0.15, 0.2) is 40.9 Å². The van der Waals surface area contributed by atoms with Gasteiger partial charge in [0.1, 0.15) is 13.6 Å². The van der Waals surface area contributed by atoms with E-state index in [9.17, 15) is 4.79 Å². The Balaban J connectivity index is 2.38. The third-order valence-electron chi connectivity index (χ3n) is 2.60. The lowest BCUT2D eigenvalue weighted by Crippen LogP contribution is -2.12. The molecule has 19 heavy (non-hydrogen) atoms. The molecule has 0 aliphatic heterocycles. The summed E-state index contributed by atoms with van der Waals surface area (Å²) in [5.74, 6) is -0.0274. The Kier molecular flexibility index (Phi) is 3.95. The molecule has 2 aromatic rings. The van der Waals surface area contributed by atoms with E-state index in [0.717, 1.165) is 15.6 Å². The van der Waals surface area contributed by atoms with Crippen LogP contribution in [0.25, 0.3) is 11.1 Å². The number of nitrogen functional groups attached to an aromatic ring is 1. The maximum atomic E-state index is 10.9. The molecule has 0 spiro atoms. The number of esters is 1. The van der Waals surface area contributed by atoms with Crippen LogP contribution in [0.2, 0.25) is 0 Å². The summed E-state index contributed by atoms with van der Waals surface area (Å²) in [5.41, 5.74) is 8.74. The second kappa shape index (κ2) is 5.49. The van der Waals surface area contributed by atoms with Gasteiger partial charge in [-0.05, 0) is 45.3 Å². The number of benzene rings is 2. The number of rotatable bonds is 2. The highest BCUT2D eigenvalue weighted by Gasteiger charge is 2.06. The molecule has 0 aliphatic rings. The van der Waals surface area contributed by atoms with E-state index < -0.39 is 5.97 Å². The summed E-state index contributed by atoms with van der Waals surface area (Å²) in [6.45, 7) is 1.34. The zero-order chi connectivity index (χ0) is 14.0. The highest BCUT2D eigenvalue weighted by molar-refractivity contribution is 9.10. The highest BCUT2D eigenvalue weighted by Crippen LogP contribution is 2.27. The molecule has 0 aromatic heterocycles. The lowest BCUT2D eigenvalue weighted by atomic mass is 9.91. The second-order valence-electron chi connectivity index (χ2n) is 4.08. The molecule has 0 heterocycles. The van der Waals surface area contributed by atoms with Crippen LogP contribution >= 0.6 is 15.9 Å². The van der Waals surface area contributed by atoms with Crippen molar-refractivity contribution in [1.29, 1.82) is 0 Å². The lowest BCUT2D eigenvalue weighted by Gasteiger charge is -2.09. The SMILES string of the molecule is [B]c1cc(-c2ccc(N)c(Br)c2)ccc1OC(C)=O. The standard InChI is InChI=1S/C14H11BBrNO2/c1-8(18)19-14-5-3-9(6-11(14)15)10-2-4-13(17)12(16)7-10/h2-7H,17H2,1H3. The van der Waals surface area contributed by atoms with Crippen molar-refractivity contribution in [2.24, 2.45) is 0 Å². The predicted molar refractivity (Wildman–Crippen MR) is 80.7 cm³/mol. The molecular weight excluding hydrogens is 305 g/mol. The number of halogens is 1. The summed E-state index contributed by atoms with van der Waals surface area (Å²) in [7, 11) is 5.86. The van der Waals surface area contributed by atoms with Gasteiger partial charge in [0, 0.05) is 17.1 Å². The molecule has 5 heteroatoms. The van der Waals surface area contributed by atoms with Gasteiger partial charge >= 0.3 is 5.97 Å². The fourth-order valence-corrected chi connectivity index (χ4v) is 2.06. The monoisotopic (exact) mass is 315 g/mol. The topological polar surface area (TPSA) is 52.3 Å². The molecule has 0 unspecified atom stereocenters. The van der Waals surface area contributed by atoms with Crippen molar-refractivity contribution in [2.75, 3.05) is 5.73 Å². The number of ether oxygens (including phenoxy) is 1. The van der Waals surface area contributed by atoms with Gasteiger partial charge < -0.3 is 10.5 Å². The van der Waals surface area contributed by atoms with Crippen LogP contribution in [0.1, 0.15) is 6.92 Å².